The first kappa shape index (κ1) is 24.0. The van der Waals surface area contributed by atoms with Gasteiger partial charge in [-0.25, -0.2) is 0 Å². The van der Waals surface area contributed by atoms with Crippen LogP contribution in [0, 0.1) is 0 Å². The van der Waals surface area contributed by atoms with E-state index in [0.29, 0.717) is 28.7 Å². The third-order valence-corrected chi connectivity index (χ3v) is 6.25. The molecule has 0 bridgehead atoms. The maximum absolute atomic E-state index is 12.6. The first-order chi connectivity index (χ1) is 16.4. The molecule has 0 radical (unpaired) electrons. The summed E-state index contributed by atoms with van der Waals surface area (Å²) in [7, 11) is 0. The summed E-state index contributed by atoms with van der Waals surface area (Å²) >= 11 is 17.3. The lowest BCUT2D eigenvalue weighted by molar-refractivity contribution is 0.0746. The lowest BCUT2D eigenvalue weighted by atomic mass is 10.1. The summed E-state index contributed by atoms with van der Waals surface area (Å²) in [6.45, 7) is 2.83. The summed E-state index contributed by atoms with van der Waals surface area (Å²) in [5.74, 6) is -0.376. The van der Waals surface area contributed by atoms with E-state index in [9.17, 15) is 9.59 Å². The number of hydrogen-bond acceptors (Lipinski definition) is 4. The van der Waals surface area contributed by atoms with Gasteiger partial charge in [-0.05, 0) is 66.8 Å². The van der Waals surface area contributed by atoms with Crippen molar-refractivity contribution in [3.63, 3.8) is 0 Å². The van der Waals surface area contributed by atoms with Crippen molar-refractivity contribution in [1.29, 1.82) is 0 Å². The molecule has 1 saturated heterocycles. The second-order valence-corrected chi connectivity index (χ2v) is 8.98. The fraction of sp³-hybridized carbons (Fsp3) is 0.160. The van der Waals surface area contributed by atoms with Crippen LogP contribution in [0.4, 0.5) is 11.4 Å². The van der Waals surface area contributed by atoms with Gasteiger partial charge in [-0.3, -0.25) is 14.9 Å². The van der Waals surface area contributed by atoms with Crippen LogP contribution in [0.15, 0.2) is 72.8 Å². The minimum Gasteiger partial charge on any atom is -0.368 e. The first-order valence-electron chi connectivity index (χ1n) is 10.7. The predicted molar refractivity (Wildman–Crippen MR) is 141 cm³/mol. The molecule has 6 nitrogen and oxygen atoms in total. The zero-order valence-electron chi connectivity index (χ0n) is 18.1. The molecule has 0 atom stereocenters. The predicted octanol–water partition coefficient (Wildman–Crippen LogP) is 5.08. The van der Waals surface area contributed by atoms with Crippen LogP contribution in [-0.2, 0) is 0 Å². The summed E-state index contributed by atoms with van der Waals surface area (Å²) in [6.07, 6.45) is 0. The number of amides is 2. The van der Waals surface area contributed by atoms with E-state index in [0.717, 1.165) is 24.5 Å². The van der Waals surface area contributed by atoms with E-state index in [1.54, 1.807) is 12.1 Å². The van der Waals surface area contributed by atoms with Crippen molar-refractivity contribution in [2.24, 2.45) is 0 Å². The van der Waals surface area contributed by atoms with Gasteiger partial charge in [0.1, 0.15) is 0 Å². The van der Waals surface area contributed by atoms with Gasteiger partial charge in [0.25, 0.3) is 11.8 Å². The molecule has 0 unspecified atom stereocenters. The van der Waals surface area contributed by atoms with Crippen LogP contribution in [0.25, 0.3) is 0 Å². The Morgan fingerprint density at radius 2 is 1.53 bits per heavy atom. The van der Waals surface area contributed by atoms with Gasteiger partial charge >= 0.3 is 0 Å². The molecule has 2 N–H and O–H groups in total. The smallest absolute Gasteiger partial charge is 0.258 e. The molecule has 0 aliphatic carbocycles. The molecule has 1 aliphatic heterocycles. The molecule has 1 heterocycles. The van der Waals surface area contributed by atoms with E-state index in [4.69, 9.17) is 35.4 Å². The van der Waals surface area contributed by atoms with E-state index in [1.165, 1.54) is 6.07 Å². The number of nitrogens with zero attached hydrogens (tertiary/aromatic N) is 2. The Kier molecular flexibility index (Phi) is 7.67. The maximum Gasteiger partial charge on any atom is 0.258 e. The second kappa shape index (κ2) is 10.9. The standard InChI is InChI=1S/C25H22Cl2N4O2S/c26-18-6-11-22(27)21(16-18)23(32)29-25(34)28-19-7-9-20(10-8-19)30-12-14-31(15-13-30)24(33)17-4-2-1-3-5-17/h1-11,16H,12-15H2,(H2,28,29,32,34). The Morgan fingerprint density at radius 1 is 0.853 bits per heavy atom. The van der Waals surface area contributed by atoms with Gasteiger partial charge in [0, 0.05) is 48.1 Å². The molecule has 0 spiro atoms. The van der Waals surface area contributed by atoms with Crippen molar-refractivity contribution in [2.75, 3.05) is 36.4 Å². The van der Waals surface area contributed by atoms with Crippen molar-refractivity contribution >= 4 is 63.7 Å². The molecule has 9 heteroatoms. The number of thiocarbonyl (C=S) groups is 1. The van der Waals surface area contributed by atoms with Crippen LogP contribution >= 0.6 is 35.4 Å². The number of halogens is 2. The molecule has 2 amide bonds. The average molecular weight is 513 g/mol. The monoisotopic (exact) mass is 512 g/mol. The molecule has 0 aromatic heterocycles. The van der Waals surface area contributed by atoms with Gasteiger partial charge in [0.2, 0.25) is 0 Å². The fourth-order valence-electron chi connectivity index (χ4n) is 3.69. The molecular weight excluding hydrogens is 491 g/mol. The lowest BCUT2D eigenvalue weighted by Crippen LogP contribution is -2.48. The summed E-state index contributed by atoms with van der Waals surface area (Å²) in [4.78, 5) is 29.2. The van der Waals surface area contributed by atoms with Gasteiger partial charge in [0.15, 0.2) is 5.11 Å². The zero-order valence-corrected chi connectivity index (χ0v) is 20.5. The molecule has 174 valence electrons. The number of piperazine rings is 1. The molecule has 3 aromatic rings. The Bertz CT molecular complexity index is 1200. The van der Waals surface area contributed by atoms with E-state index in [1.807, 2.05) is 59.5 Å². The van der Waals surface area contributed by atoms with Crippen LogP contribution in [-0.4, -0.2) is 48.0 Å². The second-order valence-electron chi connectivity index (χ2n) is 7.72. The SMILES string of the molecule is O=C(NC(=S)Nc1ccc(N2CCN(C(=O)c3ccccc3)CC2)cc1)c1cc(Cl)ccc1Cl. The van der Waals surface area contributed by atoms with Crippen molar-refractivity contribution in [1.82, 2.24) is 10.2 Å². The Labute approximate surface area is 213 Å². The van der Waals surface area contributed by atoms with Crippen LogP contribution in [0.2, 0.25) is 10.0 Å². The summed E-state index contributed by atoms with van der Waals surface area (Å²) in [5.41, 5.74) is 2.76. The van der Waals surface area contributed by atoms with E-state index < -0.39 is 5.91 Å². The normalized spacial score (nSPS) is 13.4. The number of carbonyl (C=O) groups is 2. The number of nitrogens with one attached hydrogen (secondary N) is 2. The molecule has 1 aliphatic rings. The van der Waals surface area contributed by atoms with E-state index in [-0.39, 0.29) is 16.6 Å². The molecule has 4 rings (SSSR count). The topological polar surface area (TPSA) is 64.7 Å². The van der Waals surface area contributed by atoms with Crippen molar-refractivity contribution in [2.45, 2.75) is 0 Å². The van der Waals surface area contributed by atoms with Crippen LogP contribution in [0.5, 0.6) is 0 Å². The molecule has 34 heavy (non-hydrogen) atoms. The third kappa shape index (κ3) is 5.86. The summed E-state index contributed by atoms with van der Waals surface area (Å²) in [6, 6.07) is 21.8. The van der Waals surface area contributed by atoms with Crippen LogP contribution < -0.4 is 15.5 Å². The molecule has 0 saturated carbocycles. The third-order valence-electron chi connectivity index (χ3n) is 5.48. The number of carbonyl (C=O) groups excluding carboxylic acids is 2. The highest BCUT2D eigenvalue weighted by molar-refractivity contribution is 7.80. The Morgan fingerprint density at radius 3 is 2.21 bits per heavy atom. The summed E-state index contributed by atoms with van der Waals surface area (Å²) in [5, 5.41) is 6.47. The van der Waals surface area contributed by atoms with Gasteiger partial charge in [-0.2, -0.15) is 0 Å². The van der Waals surface area contributed by atoms with Crippen LogP contribution in [0.3, 0.4) is 0 Å². The molecule has 3 aromatic carbocycles. The molecule has 1 fully saturated rings. The lowest BCUT2D eigenvalue weighted by Gasteiger charge is -2.36. The zero-order chi connectivity index (χ0) is 24.1. The number of hydrogen-bond donors (Lipinski definition) is 2. The summed E-state index contributed by atoms with van der Waals surface area (Å²) < 4.78 is 0. The fourth-order valence-corrected chi connectivity index (χ4v) is 4.28. The Hall–Kier alpha value is -3.13. The van der Waals surface area contributed by atoms with E-state index >= 15 is 0 Å². The first-order valence-corrected chi connectivity index (χ1v) is 11.8. The van der Waals surface area contributed by atoms with Crippen LogP contribution in [0.1, 0.15) is 20.7 Å². The van der Waals surface area contributed by atoms with Gasteiger partial charge in [-0.15, -0.1) is 0 Å². The Balaban J connectivity index is 1.29. The van der Waals surface area contributed by atoms with Crippen molar-refractivity contribution in [3.05, 3.63) is 94.0 Å². The number of rotatable bonds is 4. The van der Waals surface area contributed by atoms with Crippen molar-refractivity contribution < 1.29 is 9.59 Å². The van der Waals surface area contributed by atoms with Gasteiger partial charge in [0.05, 0.1) is 10.6 Å². The largest absolute Gasteiger partial charge is 0.368 e. The van der Waals surface area contributed by atoms with Gasteiger partial charge < -0.3 is 15.1 Å². The van der Waals surface area contributed by atoms with Gasteiger partial charge in [-0.1, -0.05) is 41.4 Å². The average Bonchev–Trinajstić information content (AvgIpc) is 2.86. The minimum atomic E-state index is -0.440. The van der Waals surface area contributed by atoms with E-state index in [2.05, 4.69) is 15.5 Å². The highest BCUT2D eigenvalue weighted by Crippen LogP contribution is 2.22. The highest BCUT2D eigenvalue weighted by Gasteiger charge is 2.22. The quantitative estimate of drug-likeness (QED) is 0.477. The highest BCUT2D eigenvalue weighted by atomic mass is 35.5. The number of anilines is 2. The molecular formula is C25H22Cl2N4O2S. The van der Waals surface area contributed by atoms with Crippen molar-refractivity contribution in [3.8, 4) is 0 Å². The maximum atomic E-state index is 12.6. The minimum absolute atomic E-state index is 0.0643. The number of benzene rings is 3.